The van der Waals surface area contributed by atoms with Gasteiger partial charge in [-0.15, -0.1) is 0 Å². The fourth-order valence-corrected chi connectivity index (χ4v) is 3.60. The maximum Gasteiger partial charge on any atom is 0.0350 e. The first-order valence-electron chi connectivity index (χ1n) is 7.29. The van der Waals surface area contributed by atoms with Gasteiger partial charge in [0.1, 0.15) is 0 Å². The lowest BCUT2D eigenvalue weighted by Crippen LogP contribution is -2.55. The van der Waals surface area contributed by atoms with Crippen LogP contribution in [0.3, 0.4) is 0 Å². The molecule has 1 fully saturated rings. The molecule has 1 aromatic carbocycles. The smallest absolute Gasteiger partial charge is 0.0350 e. The zero-order valence-corrected chi connectivity index (χ0v) is 11.4. The number of nitrogens with zero attached hydrogens (tertiary/aromatic N) is 1. The van der Waals surface area contributed by atoms with E-state index in [2.05, 4.69) is 41.5 Å². The Hall–Kier alpha value is -0.860. The summed E-state index contributed by atoms with van der Waals surface area (Å²) in [6.07, 6.45) is 6.46. The van der Waals surface area contributed by atoms with Gasteiger partial charge in [-0.3, -0.25) is 0 Å². The van der Waals surface area contributed by atoms with E-state index < -0.39 is 0 Å². The van der Waals surface area contributed by atoms with Crippen molar-refractivity contribution in [3.8, 4) is 0 Å². The summed E-state index contributed by atoms with van der Waals surface area (Å²) in [6.45, 7) is 3.81. The van der Waals surface area contributed by atoms with Gasteiger partial charge in [-0.1, -0.05) is 24.3 Å². The molecule has 1 N–H and O–H groups in total. The number of nitrogens with one attached hydrogen (secondary N) is 1. The number of likely N-dealkylation sites (tertiary alicyclic amines) is 1. The predicted molar refractivity (Wildman–Crippen MR) is 75.9 cm³/mol. The van der Waals surface area contributed by atoms with Crippen LogP contribution in [0.2, 0.25) is 0 Å². The highest BCUT2D eigenvalue weighted by Crippen LogP contribution is 2.30. The van der Waals surface area contributed by atoms with Crippen molar-refractivity contribution in [1.29, 1.82) is 0 Å². The molecule has 1 saturated heterocycles. The molecule has 0 spiro atoms. The first-order chi connectivity index (χ1) is 8.81. The Morgan fingerprint density at radius 1 is 1.17 bits per heavy atom. The van der Waals surface area contributed by atoms with Gasteiger partial charge in [0.25, 0.3) is 0 Å². The van der Waals surface area contributed by atoms with Crippen molar-refractivity contribution < 1.29 is 0 Å². The molecule has 1 aliphatic carbocycles. The number of likely N-dealkylation sites (N-methyl/N-ethyl adjacent to an activating group) is 1. The van der Waals surface area contributed by atoms with Crippen LogP contribution in [0.25, 0.3) is 0 Å². The fraction of sp³-hybridized carbons (Fsp3) is 0.625. The molecule has 0 saturated carbocycles. The van der Waals surface area contributed by atoms with Crippen LogP contribution in [0.1, 0.15) is 30.4 Å². The summed E-state index contributed by atoms with van der Waals surface area (Å²) in [6, 6.07) is 8.96. The third-order valence-corrected chi connectivity index (χ3v) is 4.78. The van der Waals surface area contributed by atoms with Gasteiger partial charge in [-0.25, -0.2) is 0 Å². The summed E-state index contributed by atoms with van der Waals surface area (Å²) < 4.78 is 0. The first kappa shape index (κ1) is 12.2. The molecule has 2 aliphatic rings. The second kappa shape index (κ2) is 5.02. The summed E-state index contributed by atoms with van der Waals surface area (Å²) >= 11 is 0. The van der Waals surface area contributed by atoms with E-state index in [0.717, 1.165) is 0 Å². The summed E-state index contributed by atoms with van der Waals surface area (Å²) in [4.78, 5) is 2.64. The average Bonchev–Trinajstić information content (AvgIpc) is 2.91. The lowest BCUT2D eigenvalue weighted by Gasteiger charge is -2.41. The van der Waals surface area contributed by atoms with Gasteiger partial charge in [0, 0.05) is 12.1 Å². The molecule has 1 atom stereocenters. The van der Waals surface area contributed by atoms with Gasteiger partial charge >= 0.3 is 0 Å². The molecular formula is C16H24N2. The molecule has 98 valence electrons. The van der Waals surface area contributed by atoms with Crippen LogP contribution in [0.4, 0.5) is 0 Å². The van der Waals surface area contributed by atoms with Crippen LogP contribution in [0.5, 0.6) is 0 Å². The van der Waals surface area contributed by atoms with Crippen molar-refractivity contribution in [2.75, 3.05) is 26.7 Å². The van der Waals surface area contributed by atoms with Crippen molar-refractivity contribution in [3.05, 3.63) is 35.4 Å². The lowest BCUT2D eigenvalue weighted by atomic mass is 9.77. The number of fused-ring (bicyclic) bond motifs is 1. The van der Waals surface area contributed by atoms with E-state index >= 15 is 0 Å². The standard InChI is InChI=1S/C16H24N2/c1-17-16(13-18-10-4-5-11-18)9-8-14-6-2-3-7-15(14)12-16/h2-3,6-7,17H,4-5,8-13H2,1H3. The van der Waals surface area contributed by atoms with E-state index in [1.54, 1.807) is 11.1 Å². The monoisotopic (exact) mass is 244 g/mol. The molecule has 3 rings (SSSR count). The Bertz CT molecular complexity index is 409. The van der Waals surface area contributed by atoms with Gasteiger partial charge in [0.2, 0.25) is 0 Å². The summed E-state index contributed by atoms with van der Waals surface area (Å²) in [7, 11) is 2.14. The van der Waals surface area contributed by atoms with E-state index in [4.69, 9.17) is 0 Å². The van der Waals surface area contributed by atoms with Crippen LogP contribution in [0.15, 0.2) is 24.3 Å². The van der Waals surface area contributed by atoms with Gasteiger partial charge in [-0.05, 0) is 63.4 Å². The van der Waals surface area contributed by atoms with Crippen molar-refractivity contribution in [2.24, 2.45) is 0 Å². The minimum atomic E-state index is 0.304. The molecule has 0 radical (unpaired) electrons. The quantitative estimate of drug-likeness (QED) is 0.877. The maximum atomic E-state index is 3.64. The Labute approximate surface area is 110 Å². The van der Waals surface area contributed by atoms with E-state index in [1.165, 1.54) is 51.7 Å². The second-order valence-electron chi connectivity index (χ2n) is 5.96. The molecule has 1 heterocycles. The van der Waals surface area contributed by atoms with E-state index in [1.807, 2.05) is 0 Å². The van der Waals surface area contributed by atoms with Crippen LogP contribution in [-0.4, -0.2) is 37.1 Å². The molecule has 2 heteroatoms. The Morgan fingerprint density at radius 3 is 2.61 bits per heavy atom. The average molecular weight is 244 g/mol. The third-order valence-electron chi connectivity index (χ3n) is 4.78. The Morgan fingerprint density at radius 2 is 1.89 bits per heavy atom. The van der Waals surface area contributed by atoms with E-state index in [-0.39, 0.29) is 0 Å². The topological polar surface area (TPSA) is 15.3 Å². The van der Waals surface area contributed by atoms with Crippen LogP contribution in [-0.2, 0) is 12.8 Å². The van der Waals surface area contributed by atoms with Gasteiger partial charge in [0.15, 0.2) is 0 Å². The molecule has 1 unspecified atom stereocenters. The van der Waals surface area contributed by atoms with Crippen molar-refractivity contribution in [1.82, 2.24) is 10.2 Å². The molecule has 1 aromatic rings. The number of hydrogen-bond donors (Lipinski definition) is 1. The van der Waals surface area contributed by atoms with Gasteiger partial charge < -0.3 is 10.2 Å². The minimum absolute atomic E-state index is 0.304. The number of benzene rings is 1. The largest absolute Gasteiger partial charge is 0.313 e. The fourth-order valence-electron chi connectivity index (χ4n) is 3.60. The third kappa shape index (κ3) is 2.32. The molecular weight excluding hydrogens is 220 g/mol. The van der Waals surface area contributed by atoms with E-state index in [9.17, 15) is 0 Å². The van der Waals surface area contributed by atoms with Crippen molar-refractivity contribution in [2.45, 2.75) is 37.6 Å². The minimum Gasteiger partial charge on any atom is -0.313 e. The molecule has 2 nitrogen and oxygen atoms in total. The highest BCUT2D eigenvalue weighted by Gasteiger charge is 2.34. The Kier molecular flexibility index (Phi) is 3.40. The maximum absolute atomic E-state index is 3.64. The summed E-state index contributed by atoms with van der Waals surface area (Å²) in [5.41, 5.74) is 3.42. The molecule has 0 aromatic heterocycles. The zero-order valence-electron chi connectivity index (χ0n) is 11.4. The van der Waals surface area contributed by atoms with Crippen LogP contribution in [0, 0.1) is 0 Å². The SMILES string of the molecule is CNC1(CN2CCCC2)CCc2ccccc2C1. The van der Waals surface area contributed by atoms with E-state index in [0.29, 0.717) is 5.54 Å². The molecule has 1 aliphatic heterocycles. The first-order valence-corrected chi connectivity index (χ1v) is 7.29. The number of hydrogen-bond acceptors (Lipinski definition) is 2. The number of aryl methyl sites for hydroxylation is 1. The van der Waals surface area contributed by atoms with Crippen molar-refractivity contribution in [3.63, 3.8) is 0 Å². The van der Waals surface area contributed by atoms with Crippen molar-refractivity contribution >= 4 is 0 Å². The zero-order chi connectivity index (χ0) is 12.4. The molecule has 18 heavy (non-hydrogen) atoms. The molecule has 0 amide bonds. The van der Waals surface area contributed by atoms with Crippen LogP contribution >= 0.6 is 0 Å². The second-order valence-corrected chi connectivity index (χ2v) is 5.96. The highest BCUT2D eigenvalue weighted by atomic mass is 15.2. The predicted octanol–water partition coefficient (Wildman–Crippen LogP) is 2.23. The lowest BCUT2D eigenvalue weighted by molar-refractivity contribution is 0.196. The highest BCUT2D eigenvalue weighted by molar-refractivity contribution is 5.32. The van der Waals surface area contributed by atoms with Crippen LogP contribution < -0.4 is 5.32 Å². The normalized spacial score (nSPS) is 28.3. The Balaban J connectivity index is 1.77. The number of rotatable bonds is 3. The summed E-state index contributed by atoms with van der Waals surface area (Å²) in [5.74, 6) is 0. The summed E-state index contributed by atoms with van der Waals surface area (Å²) in [5, 5.41) is 3.64. The van der Waals surface area contributed by atoms with Gasteiger partial charge in [0.05, 0.1) is 0 Å². The van der Waals surface area contributed by atoms with Gasteiger partial charge in [-0.2, -0.15) is 0 Å². The molecule has 0 bridgehead atoms.